The maximum atomic E-state index is 9.86. The number of rotatable bonds is 3. The molecule has 0 aliphatic rings. The monoisotopic (exact) mass is 117 g/mol. The summed E-state index contributed by atoms with van der Waals surface area (Å²) in [6.45, 7) is 0.0462. The first kappa shape index (κ1) is 7.39. The number of hydrogen-bond donors (Lipinski definition) is 2. The van der Waals surface area contributed by atoms with Crippen molar-refractivity contribution >= 4 is 5.91 Å². The lowest BCUT2D eigenvalue weighted by Crippen LogP contribution is -2.23. The van der Waals surface area contributed by atoms with Gasteiger partial charge in [-0.15, -0.1) is 0 Å². The summed E-state index contributed by atoms with van der Waals surface area (Å²) in [5.74, 6) is -0.775. The van der Waals surface area contributed by atoms with Crippen LogP contribution in [0.2, 0.25) is 0 Å². The van der Waals surface area contributed by atoms with Crippen molar-refractivity contribution in [2.45, 2.75) is 12.5 Å². The molecule has 1 unspecified atom stereocenters. The molecule has 0 aromatic heterocycles. The molecule has 1 atom stereocenters. The number of aliphatic hydroxyl groups excluding tert-OH is 1. The van der Waals surface area contributed by atoms with E-state index in [0.29, 0.717) is 0 Å². The summed E-state index contributed by atoms with van der Waals surface area (Å²) in [6.07, 6.45) is -0.990. The Bertz CT molecular complexity index is 84.1. The molecule has 1 amide bonds. The second-order valence-corrected chi connectivity index (χ2v) is 1.52. The van der Waals surface area contributed by atoms with Gasteiger partial charge < -0.3 is 10.8 Å². The van der Waals surface area contributed by atoms with E-state index in [1.165, 1.54) is 0 Å². The highest BCUT2D eigenvalue weighted by Crippen LogP contribution is 1.85. The molecule has 1 radical (unpaired) electrons. The Hall–Kier alpha value is -0.610. The van der Waals surface area contributed by atoms with Gasteiger partial charge in [-0.05, 0) is 0 Å². The minimum Gasteiger partial charge on any atom is -0.391 e. The van der Waals surface area contributed by atoms with Gasteiger partial charge in [-0.1, -0.05) is 0 Å². The molecule has 0 aliphatic heterocycles. The third-order valence-corrected chi connectivity index (χ3v) is 0.693. The summed E-state index contributed by atoms with van der Waals surface area (Å²) in [6, 6.07) is 0. The minimum absolute atomic E-state index is 0.0462. The van der Waals surface area contributed by atoms with Gasteiger partial charge in [0.05, 0.1) is 12.5 Å². The van der Waals surface area contributed by atoms with Gasteiger partial charge in [0.25, 0.3) is 0 Å². The highest BCUT2D eigenvalue weighted by atomic mass is 16.3. The summed E-state index contributed by atoms with van der Waals surface area (Å²) >= 11 is 0. The molecule has 0 fully saturated rings. The number of hydrogen-bond acceptors (Lipinski definition) is 3. The zero-order chi connectivity index (χ0) is 6.57. The third kappa shape index (κ3) is 3.58. The van der Waals surface area contributed by atoms with E-state index in [9.17, 15) is 4.79 Å². The van der Waals surface area contributed by atoms with E-state index in [2.05, 4.69) is 0 Å². The van der Waals surface area contributed by atoms with Crippen LogP contribution in [0.3, 0.4) is 0 Å². The van der Waals surface area contributed by atoms with Gasteiger partial charge in [0.2, 0.25) is 5.91 Å². The molecular formula is C4H9N2O2. The maximum Gasteiger partial charge on any atom is 0.241 e. The topological polar surface area (TPSA) is 87.1 Å². The lowest BCUT2D eigenvalue weighted by molar-refractivity contribution is -0.120. The normalized spacial score (nSPS) is 13.2. The smallest absolute Gasteiger partial charge is 0.241 e. The molecule has 0 aromatic rings. The van der Waals surface area contributed by atoms with Crippen molar-refractivity contribution in [3.05, 3.63) is 0 Å². The molecule has 0 spiro atoms. The van der Waals surface area contributed by atoms with Crippen LogP contribution >= 0.6 is 0 Å². The number of amides is 1. The van der Waals surface area contributed by atoms with Crippen LogP contribution in [-0.2, 0) is 4.79 Å². The zero-order valence-corrected chi connectivity index (χ0v) is 4.42. The summed E-state index contributed by atoms with van der Waals surface area (Å²) < 4.78 is 0. The number of carbonyl (C=O) groups excluding carboxylic acids is 1. The van der Waals surface area contributed by atoms with Gasteiger partial charge in [0, 0.05) is 6.54 Å². The standard InChI is InChI=1S/C4H9N2O2/c5-2-3(7)1-4(6)8/h3,6-7H,1-2,5H2. The predicted molar refractivity (Wildman–Crippen MR) is 27.8 cm³/mol. The van der Waals surface area contributed by atoms with Gasteiger partial charge in [-0.3, -0.25) is 10.5 Å². The highest BCUT2D eigenvalue weighted by molar-refractivity contribution is 5.73. The van der Waals surface area contributed by atoms with Crippen molar-refractivity contribution < 1.29 is 9.90 Å². The van der Waals surface area contributed by atoms with E-state index >= 15 is 0 Å². The van der Waals surface area contributed by atoms with Crippen LogP contribution in [0.1, 0.15) is 6.42 Å². The van der Waals surface area contributed by atoms with E-state index in [0.717, 1.165) is 0 Å². The molecule has 4 nitrogen and oxygen atoms in total. The van der Waals surface area contributed by atoms with Crippen LogP contribution in [0.5, 0.6) is 0 Å². The predicted octanol–water partition coefficient (Wildman–Crippen LogP) is -1.49. The summed E-state index contributed by atoms with van der Waals surface area (Å²) in [7, 11) is 0. The summed E-state index contributed by atoms with van der Waals surface area (Å²) in [4.78, 5) is 9.86. The second-order valence-electron chi connectivity index (χ2n) is 1.52. The first-order valence-electron chi connectivity index (χ1n) is 2.29. The molecule has 8 heavy (non-hydrogen) atoms. The van der Waals surface area contributed by atoms with E-state index in [1.807, 2.05) is 0 Å². The Kier molecular flexibility index (Phi) is 3.14. The molecule has 0 aliphatic carbocycles. The van der Waals surface area contributed by atoms with Crippen molar-refractivity contribution in [2.75, 3.05) is 6.54 Å². The molecule has 0 saturated carbocycles. The third-order valence-electron chi connectivity index (χ3n) is 0.693. The van der Waals surface area contributed by atoms with Crippen LogP contribution in [0, 0.1) is 0 Å². The van der Waals surface area contributed by atoms with Crippen molar-refractivity contribution in [2.24, 2.45) is 5.73 Å². The number of nitrogens with two attached hydrogens (primary N) is 1. The van der Waals surface area contributed by atoms with Crippen LogP contribution < -0.4 is 11.5 Å². The molecule has 4 N–H and O–H groups in total. The van der Waals surface area contributed by atoms with E-state index < -0.39 is 12.0 Å². The number of nitrogens with one attached hydrogen (secondary N) is 1. The van der Waals surface area contributed by atoms with Crippen LogP contribution in [0.4, 0.5) is 0 Å². The first-order chi connectivity index (χ1) is 3.66. The Labute approximate surface area is 47.5 Å². The van der Waals surface area contributed by atoms with Gasteiger partial charge in [-0.25, -0.2) is 0 Å². The van der Waals surface area contributed by atoms with E-state index in [-0.39, 0.29) is 13.0 Å². The second kappa shape index (κ2) is 3.40. The fourth-order valence-electron chi connectivity index (χ4n) is 0.297. The molecule has 0 heterocycles. The molecule has 0 saturated heterocycles. The Morgan fingerprint density at radius 1 is 1.88 bits per heavy atom. The summed E-state index contributed by atoms with van der Waals surface area (Å²) in [5, 5.41) is 8.56. The van der Waals surface area contributed by atoms with Crippen molar-refractivity contribution in [1.82, 2.24) is 5.73 Å². The fourth-order valence-corrected chi connectivity index (χ4v) is 0.297. The van der Waals surface area contributed by atoms with Crippen LogP contribution in [0.15, 0.2) is 0 Å². The fraction of sp³-hybridized carbons (Fsp3) is 0.750. The first-order valence-corrected chi connectivity index (χ1v) is 2.29. The van der Waals surface area contributed by atoms with Gasteiger partial charge in [-0.2, -0.15) is 0 Å². The number of carbonyl (C=O) groups is 1. The van der Waals surface area contributed by atoms with Crippen LogP contribution in [0.25, 0.3) is 0 Å². The Morgan fingerprint density at radius 3 is 2.50 bits per heavy atom. The van der Waals surface area contributed by atoms with Crippen molar-refractivity contribution in [3.8, 4) is 0 Å². The largest absolute Gasteiger partial charge is 0.391 e. The van der Waals surface area contributed by atoms with Crippen LogP contribution in [-0.4, -0.2) is 23.7 Å². The molecule has 4 heteroatoms. The quantitative estimate of drug-likeness (QED) is 0.472. The van der Waals surface area contributed by atoms with Crippen molar-refractivity contribution in [3.63, 3.8) is 0 Å². The molecule has 0 bridgehead atoms. The Balaban J connectivity index is 3.24. The van der Waals surface area contributed by atoms with Gasteiger partial charge in [0.15, 0.2) is 0 Å². The minimum atomic E-state index is -0.833. The van der Waals surface area contributed by atoms with Crippen molar-refractivity contribution in [1.29, 1.82) is 0 Å². The van der Waals surface area contributed by atoms with E-state index in [1.54, 1.807) is 0 Å². The van der Waals surface area contributed by atoms with E-state index in [4.69, 9.17) is 16.6 Å². The molecular weight excluding hydrogens is 108 g/mol. The SMILES string of the molecule is [NH]C(=O)CC(O)CN. The van der Waals surface area contributed by atoms with Gasteiger partial charge >= 0.3 is 0 Å². The highest BCUT2D eigenvalue weighted by Gasteiger charge is 2.03. The average Bonchev–Trinajstić information content (AvgIpc) is 1.65. The lowest BCUT2D eigenvalue weighted by atomic mass is 10.2. The molecule has 0 rings (SSSR count). The zero-order valence-electron chi connectivity index (χ0n) is 4.42. The molecule has 47 valence electrons. The van der Waals surface area contributed by atoms with Gasteiger partial charge in [0.1, 0.15) is 0 Å². The summed E-state index contributed by atoms with van der Waals surface area (Å²) in [5.41, 5.74) is 11.3. The molecule has 0 aromatic carbocycles. The number of aliphatic hydroxyl groups is 1. The maximum absolute atomic E-state index is 9.86. The average molecular weight is 117 g/mol. The lowest BCUT2D eigenvalue weighted by Gasteiger charge is -2.00. The Morgan fingerprint density at radius 2 is 2.38 bits per heavy atom.